The molecule has 0 heterocycles. The van der Waals surface area contributed by atoms with Crippen LogP contribution in [-0.4, -0.2) is 5.91 Å². The van der Waals surface area contributed by atoms with Gasteiger partial charge in [-0.2, -0.15) is 5.26 Å². The monoisotopic (exact) mass is 290 g/mol. The van der Waals surface area contributed by atoms with Crippen molar-refractivity contribution in [1.29, 1.82) is 5.26 Å². The summed E-state index contributed by atoms with van der Waals surface area (Å²) in [7, 11) is 0. The van der Waals surface area contributed by atoms with E-state index in [1.807, 2.05) is 61.5 Å². The maximum Gasteiger partial charge on any atom is 0.266 e. The number of anilines is 1. The number of nitrogens with one attached hydrogen (secondary N) is 1. The van der Waals surface area contributed by atoms with Crippen LogP contribution in [0.2, 0.25) is 0 Å². The van der Waals surface area contributed by atoms with Crippen molar-refractivity contribution in [1.82, 2.24) is 0 Å². The second kappa shape index (κ2) is 7.24. The van der Waals surface area contributed by atoms with E-state index >= 15 is 0 Å². The van der Waals surface area contributed by atoms with Gasteiger partial charge in [0.25, 0.3) is 5.91 Å². The number of carbonyl (C=O) groups excluding carboxylic acids is 1. The molecule has 0 aromatic heterocycles. The summed E-state index contributed by atoms with van der Waals surface area (Å²) < 4.78 is 0. The van der Waals surface area contributed by atoms with Crippen LogP contribution in [0.3, 0.4) is 0 Å². The Labute approximate surface area is 130 Å². The number of rotatable bonds is 4. The first-order valence-corrected chi connectivity index (χ1v) is 7.21. The van der Waals surface area contributed by atoms with Gasteiger partial charge in [0.1, 0.15) is 11.6 Å². The molecule has 0 saturated heterocycles. The van der Waals surface area contributed by atoms with Crippen LogP contribution < -0.4 is 5.32 Å². The van der Waals surface area contributed by atoms with E-state index in [0.717, 1.165) is 17.5 Å². The van der Waals surface area contributed by atoms with Crippen molar-refractivity contribution in [3.63, 3.8) is 0 Å². The van der Waals surface area contributed by atoms with E-state index in [-0.39, 0.29) is 5.57 Å². The standard InChI is InChI=1S/C19H18N2O/c1-3-15-8-10-18(11-9-15)21-19(22)17(13-20)12-16-6-4-14(2)5-7-16/h4-12H,3H2,1-2H3,(H,21,22)/b17-12-. The van der Waals surface area contributed by atoms with Gasteiger partial charge in [-0.05, 0) is 42.7 Å². The summed E-state index contributed by atoms with van der Waals surface area (Å²) in [6.45, 7) is 4.07. The molecule has 1 N–H and O–H groups in total. The zero-order valence-electron chi connectivity index (χ0n) is 12.8. The molecule has 0 aliphatic rings. The van der Waals surface area contributed by atoms with Crippen molar-refractivity contribution in [2.75, 3.05) is 5.32 Å². The lowest BCUT2D eigenvalue weighted by atomic mass is 10.1. The molecule has 110 valence electrons. The Morgan fingerprint density at radius 1 is 1.14 bits per heavy atom. The van der Waals surface area contributed by atoms with Crippen molar-refractivity contribution in [2.45, 2.75) is 20.3 Å². The Balaban J connectivity index is 2.14. The van der Waals surface area contributed by atoms with Crippen LogP contribution in [0.5, 0.6) is 0 Å². The van der Waals surface area contributed by atoms with Gasteiger partial charge in [-0.25, -0.2) is 0 Å². The van der Waals surface area contributed by atoms with Gasteiger partial charge in [-0.15, -0.1) is 0 Å². The van der Waals surface area contributed by atoms with E-state index in [2.05, 4.69) is 12.2 Å². The fourth-order valence-corrected chi connectivity index (χ4v) is 2.00. The van der Waals surface area contributed by atoms with Crippen LogP contribution in [0, 0.1) is 18.3 Å². The quantitative estimate of drug-likeness (QED) is 0.680. The van der Waals surface area contributed by atoms with E-state index in [1.165, 1.54) is 5.56 Å². The highest BCUT2D eigenvalue weighted by Crippen LogP contribution is 2.13. The molecular weight excluding hydrogens is 272 g/mol. The van der Waals surface area contributed by atoms with E-state index in [1.54, 1.807) is 6.08 Å². The van der Waals surface area contributed by atoms with Crippen molar-refractivity contribution in [3.8, 4) is 6.07 Å². The van der Waals surface area contributed by atoms with Crippen LogP contribution in [-0.2, 0) is 11.2 Å². The Kier molecular flexibility index (Phi) is 5.11. The number of hydrogen-bond donors (Lipinski definition) is 1. The summed E-state index contributed by atoms with van der Waals surface area (Å²) in [6.07, 6.45) is 2.54. The van der Waals surface area contributed by atoms with Gasteiger partial charge in [0, 0.05) is 5.69 Å². The second-order valence-corrected chi connectivity index (χ2v) is 5.09. The molecule has 0 spiro atoms. The Hall–Kier alpha value is -2.86. The zero-order chi connectivity index (χ0) is 15.9. The SMILES string of the molecule is CCc1ccc(NC(=O)/C(C#N)=C\c2ccc(C)cc2)cc1. The van der Waals surface area contributed by atoms with Crippen molar-refractivity contribution < 1.29 is 4.79 Å². The summed E-state index contributed by atoms with van der Waals surface area (Å²) in [5, 5.41) is 11.9. The summed E-state index contributed by atoms with van der Waals surface area (Å²) in [5.41, 5.74) is 3.94. The second-order valence-electron chi connectivity index (χ2n) is 5.09. The molecule has 22 heavy (non-hydrogen) atoms. The maximum atomic E-state index is 12.2. The van der Waals surface area contributed by atoms with E-state index in [4.69, 9.17) is 0 Å². The predicted molar refractivity (Wildman–Crippen MR) is 89.2 cm³/mol. The highest BCUT2D eigenvalue weighted by atomic mass is 16.1. The van der Waals surface area contributed by atoms with Gasteiger partial charge in [0.15, 0.2) is 0 Å². The van der Waals surface area contributed by atoms with Crippen molar-refractivity contribution >= 4 is 17.7 Å². The van der Waals surface area contributed by atoms with Crippen LogP contribution >= 0.6 is 0 Å². The molecule has 1 amide bonds. The number of carbonyl (C=O) groups is 1. The summed E-state index contributed by atoms with van der Waals surface area (Å²) in [5.74, 6) is -0.396. The minimum Gasteiger partial charge on any atom is -0.321 e. The minimum absolute atomic E-state index is 0.0865. The molecular formula is C19H18N2O. The lowest BCUT2D eigenvalue weighted by molar-refractivity contribution is -0.112. The molecule has 2 aromatic rings. The molecule has 0 bridgehead atoms. The average molecular weight is 290 g/mol. The molecule has 0 aliphatic carbocycles. The number of nitriles is 1. The number of hydrogen-bond acceptors (Lipinski definition) is 2. The van der Waals surface area contributed by atoms with Crippen LogP contribution in [0.4, 0.5) is 5.69 Å². The minimum atomic E-state index is -0.396. The van der Waals surface area contributed by atoms with Gasteiger partial charge in [0.2, 0.25) is 0 Å². The normalized spacial score (nSPS) is 10.9. The molecule has 0 atom stereocenters. The van der Waals surface area contributed by atoms with Crippen LogP contribution in [0.1, 0.15) is 23.6 Å². The summed E-state index contributed by atoms with van der Waals surface area (Å²) >= 11 is 0. The van der Waals surface area contributed by atoms with Gasteiger partial charge >= 0.3 is 0 Å². The molecule has 0 unspecified atom stereocenters. The van der Waals surface area contributed by atoms with E-state index in [0.29, 0.717) is 5.69 Å². The van der Waals surface area contributed by atoms with E-state index < -0.39 is 5.91 Å². The third-order valence-corrected chi connectivity index (χ3v) is 3.37. The van der Waals surface area contributed by atoms with Gasteiger partial charge < -0.3 is 5.32 Å². The lowest BCUT2D eigenvalue weighted by Gasteiger charge is -2.05. The first-order chi connectivity index (χ1) is 10.6. The Morgan fingerprint density at radius 2 is 1.77 bits per heavy atom. The van der Waals surface area contributed by atoms with Crippen molar-refractivity contribution in [2.24, 2.45) is 0 Å². The highest BCUT2D eigenvalue weighted by molar-refractivity contribution is 6.09. The molecule has 0 radical (unpaired) electrons. The number of benzene rings is 2. The van der Waals surface area contributed by atoms with Gasteiger partial charge in [-0.1, -0.05) is 48.9 Å². The zero-order valence-corrected chi connectivity index (χ0v) is 12.8. The predicted octanol–water partition coefficient (Wildman–Crippen LogP) is 4.10. The number of aryl methyl sites for hydroxylation is 2. The Bertz CT molecular complexity index is 720. The third-order valence-electron chi connectivity index (χ3n) is 3.37. The first-order valence-electron chi connectivity index (χ1n) is 7.21. The van der Waals surface area contributed by atoms with Crippen molar-refractivity contribution in [3.05, 3.63) is 70.8 Å². The fraction of sp³-hybridized carbons (Fsp3) is 0.158. The first kappa shape index (κ1) is 15.5. The van der Waals surface area contributed by atoms with Gasteiger partial charge in [0.05, 0.1) is 0 Å². The molecule has 3 heteroatoms. The largest absolute Gasteiger partial charge is 0.321 e. The van der Waals surface area contributed by atoms with Crippen LogP contribution in [0.15, 0.2) is 54.1 Å². The molecule has 0 fully saturated rings. The van der Waals surface area contributed by atoms with Gasteiger partial charge in [-0.3, -0.25) is 4.79 Å². The molecule has 3 nitrogen and oxygen atoms in total. The average Bonchev–Trinajstić information content (AvgIpc) is 2.55. The Morgan fingerprint density at radius 3 is 2.32 bits per heavy atom. The molecule has 0 aliphatic heterocycles. The highest BCUT2D eigenvalue weighted by Gasteiger charge is 2.09. The number of amides is 1. The smallest absolute Gasteiger partial charge is 0.266 e. The molecule has 2 aromatic carbocycles. The van der Waals surface area contributed by atoms with E-state index in [9.17, 15) is 10.1 Å². The molecule has 0 saturated carbocycles. The maximum absolute atomic E-state index is 12.2. The lowest BCUT2D eigenvalue weighted by Crippen LogP contribution is -2.13. The third kappa shape index (κ3) is 4.07. The fourth-order valence-electron chi connectivity index (χ4n) is 2.00. The summed E-state index contributed by atoms with van der Waals surface area (Å²) in [4.78, 5) is 12.2. The molecule has 2 rings (SSSR count). The topological polar surface area (TPSA) is 52.9 Å². The van der Waals surface area contributed by atoms with Crippen LogP contribution in [0.25, 0.3) is 6.08 Å². The summed E-state index contributed by atoms with van der Waals surface area (Å²) in [6, 6.07) is 17.2. The number of nitrogens with zero attached hydrogens (tertiary/aromatic N) is 1.